The van der Waals surface area contributed by atoms with Gasteiger partial charge in [0.05, 0.1) is 11.4 Å². The average Bonchev–Trinajstić information content (AvgIpc) is 3.07. The predicted octanol–water partition coefficient (Wildman–Crippen LogP) is 4.67. The minimum absolute atomic E-state index is 0. The molecule has 0 unspecified atom stereocenters. The maximum absolute atomic E-state index is 4.93. The van der Waals surface area contributed by atoms with Crippen LogP contribution < -0.4 is 5.32 Å². The number of nitrogens with one attached hydrogen (secondary N) is 1. The van der Waals surface area contributed by atoms with Gasteiger partial charge in [0.25, 0.3) is 0 Å². The van der Waals surface area contributed by atoms with E-state index >= 15 is 0 Å². The molecule has 1 N–H and O–H groups in total. The fraction of sp³-hybridized carbons (Fsp3) is 0.409. The van der Waals surface area contributed by atoms with Gasteiger partial charge >= 0.3 is 0 Å². The van der Waals surface area contributed by atoms with Crippen molar-refractivity contribution in [3.8, 4) is 11.3 Å². The van der Waals surface area contributed by atoms with E-state index in [0.717, 1.165) is 30.3 Å². The van der Waals surface area contributed by atoms with Gasteiger partial charge in [0.15, 0.2) is 0 Å². The first-order chi connectivity index (χ1) is 12.8. The Labute approximate surface area is 180 Å². The quantitative estimate of drug-likeness (QED) is 0.628. The van der Waals surface area contributed by atoms with Crippen molar-refractivity contribution < 1.29 is 0 Å². The number of imidazole rings is 1. The number of rotatable bonds is 6. The largest absolute Gasteiger partial charge is 0.320 e. The van der Waals surface area contributed by atoms with E-state index < -0.39 is 0 Å². The second kappa shape index (κ2) is 10.8. The number of piperidine rings is 1. The Morgan fingerprint density at radius 2 is 1.71 bits per heavy atom. The summed E-state index contributed by atoms with van der Waals surface area (Å²) < 4.78 is 2.26. The third-order valence-electron chi connectivity index (χ3n) is 5.56. The van der Waals surface area contributed by atoms with Crippen LogP contribution in [-0.2, 0) is 6.54 Å². The minimum Gasteiger partial charge on any atom is -0.320 e. The second-order valence-corrected chi connectivity index (χ2v) is 7.31. The number of benzene rings is 1. The number of hydrogen-bond acceptors (Lipinski definition) is 3. The molecular formula is C22H30Cl2N4. The molecule has 6 heteroatoms. The summed E-state index contributed by atoms with van der Waals surface area (Å²) in [5.41, 5.74) is 4.66. The summed E-state index contributed by atoms with van der Waals surface area (Å²) in [5, 5.41) is 3.28. The van der Waals surface area contributed by atoms with Crippen molar-refractivity contribution in [3.63, 3.8) is 0 Å². The Kier molecular flexibility index (Phi) is 8.77. The molecule has 152 valence electrons. The standard InChI is InChI=1S/C22H28N4.2ClH/c1-23-13-10-18-11-15-25(16-12-18)17-20-22(19-7-3-2-4-8-19)24-21-9-5-6-14-26(20)21;;/h2-9,14,18,23H,10-13,15-17H2,1H3;2*1H. The molecule has 4 rings (SSSR count). The number of pyridine rings is 1. The molecule has 3 aromatic rings. The third-order valence-corrected chi connectivity index (χ3v) is 5.56. The molecule has 4 nitrogen and oxygen atoms in total. The van der Waals surface area contributed by atoms with Gasteiger partial charge in [-0.05, 0) is 64.0 Å². The van der Waals surface area contributed by atoms with Crippen LogP contribution in [0.25, 0.3) is 16.9 Å². The topological polar surface area (TPSA) is 32.6 Å². The maximum Gasteiger partial charge on any atom is 0.137 e. The summed E-state index contributed by atoms with van der Waals surface area (Å²) in [5.74, 6) is 0.870. The fourth-order valence-corrected chi connectivity index (χ4v) is 4.02. The number of fused-ring (bicyclic) bond motifs is 1. The van der Waals surface area contributed by atoms with Crippen LogP contribution in [-0.4, -0.2) is 41.0 Å². The summed E-state index contributed by atoms with van der Waals surface area (Å²) >= 11 is 0. The minimum atomic E-state index is 0. The second-order valence-electron chi connectivity index (χ2n) is 7.31. The van der Waals surface area contributed by atoms with Gasteiger partial charge in [-0.3, -0.25) is 4.90 Å². The third kappa shape index (κ3) is 5.06. The maximum atomic E-state index is 4.93. The van der Waals surface area contributed by atoms with Crippen LogP contribution >= 0.6 is 24.8 Å². The van der Waals surface area contributed by atoms with Crippen LogP contribution in [0.3, 0.4) is 0 Å². The number of hydrogen-bond donors (Lipinski definition) is 1. The highest BCUT2D eigenvalue weighted by atomic mass is 35.5. The summed E-state index contributed by atoms with van der Waals surface area (Å²) in [6, 6.07) is 16.8. The van der Waals surface area contributed by atoms with Crippen LogP contribution in [0.2, 0.25) is 0 Å². The highest BCUT2D eigenvalue weighted by Gasteiger charge is 2.22. The summed E-state index contributed by atoms with van der Waals surface area (Å²) in [7, 11) is 2.05. The van der Waals surface area contributed by atoms with Crippen LogP contribution in [0.15, 0.2) is 54.7 Å². The zero-order chi connectivity index (χ0) is 17.8. The van der Waals surface area contributed by atoms with Crippen molar-refractivity contribution in [1.29, 1.82) is 0 Å². The van der Waals surface area contributed by atoms with Gasteiger partial charge in [-0.2, -0.15) is 0 Å². The first kappa shape index (κ1) is 22.7. The smallest absolute Gasteiger partial charge is 0.137 e. The lowest BCUT2D eigenvalue weighted by molar-refractivity contribution is 0.170. The molecule has 0 atom stereocenters. The molecule has 1 saturated heterocycles. The Balaban J connectivity index is 0.00000140. The zero-order valence-electron chi connectivity index (χ0n) is 16.4. The Morgan fingerprint density at radius 1 is 1.00 bits per heavy atom. The van der Waals surface area contributed by atoms with Crippen molar-refractivity contribution >= 4 is 30.5 Å². The Hall–Kier alpha value is -1.59. The van der Waals surface area contributed by atoms with Crippen molar-refractivity contribution in [2.75, 3.05) is 26.7 Å². The van der Waals surface area contributed by atoms with Gasteiger partial charge in [-0.15, -0.1) is 24.8 Å². The van der Waals surface area contributed by atoms with Gasteiger partial charge in [-0.1, -0.05) is 36.4 Å². The van der Waals surface area contributed by atoms with Crippen LogP contribution in [0.5, 0.6) is 0 Å². The van der Waals surface area contributed by atoms with Gasteiger partial charge in [-0.25, -0.2) is 4.98 Å². The molecule has 0 aliphatic carbocycles. The molecule has 1 aliphatic heterocycles. The molecule has 1 aliphatic rings. The van der Waals surface area contributed by atoms with Crippen molar-refractivity contribution in [2.24, 2.45) is 5.92 Å². The fourth-order valence-electron chi connectivity index (χ4n) is 4.02. The molecule has 28 heavy (non-hydrogen) atoms. The molecule has 1 fully saturated rings. The normalized spacial score (nSPS) is 15.2. The molecule has 2 aromatic heterocycles. The molecule has 0 bridgehead atoms. The van der Waals surface area contributed by atoms with Gasteiger partial charge < -0.3 is 9.72 Å². The monoisotopic (exact) mass is 420 g/mol. The summed E-state index contributed by atoms with van der Waals surface area (Å²) in [4.78, 5) is 7.53. The van der Waals surface area contributed by atoms with Crippen molar-refractivity contribution in [1.82, 2.24) is 19.6 Å². The number of halogens is 2. The van der Waals surface area contributed by atoms with E-state index in [0.29, 0.717) is 0 Å². The lowest BCUT2D eigenvalue weighted by Crippen LogP contribution is -2.34. The molecule has 0 radical (unpaired) electrons. The SMILES string of the molecule is CNCCC1CCN(Cc2c(-c3ccccc3)nc3ccccn23)CC1.Cl.Cl. The van der Waals surface area contributed by atoms with Gasteiger partial charge in [0.2, 0.25) is 0 Å². The summed E-state index contributed by atoms with van der Waals surface area (Å²) in [6.45, 7) is 4.47. The van der Waals surface area contributed by atoms with Crippen molar-refractivity contribution in [3.05, 3.63) is 60.4 Å². The lowest BCUT2D eigenvalue weighted by atomic mass is 9.93. The predicted molar refractivity (Wildman–Crippen MR) is 122 cm³/mol. The van der Waals surface area contributed by atoms with E-state index in [2.05, 4.69) is 69.3 Å². The van der Waals surface area contributed by atoms with E-state index in [1.807, 2.05) is 7.05 Å². The van der Waals surface area contributed by atoms with Crippen LogP contribution in [0, 0.1) is 5.92 Å². The Bertz CT molecular complexity index is 842. The molecule has 0 saturated carbocycles. The van der Waals surface area contributed by atoms with E-state index in [1.54, 1.807) is 0 Å². The van der Waals surface area contributed by atoms with E-state index in [1.165, 1.54) is 43.6 Å². The summed E-state index contributed by atoms with van der Waals surface area (Å²) in [6.07, 6.45) is 6.05. The van der Waals surface area contributed by atoms with Crippen LogP contribution in [0.4, 0.5) is 0 Å². The molecule has 0 spiro atoms. The first-order valence-electron chi connectivity index (χ1n) is 9.73. The highest BCUT2D eigenvalue weighted by Crippen LogP contribution is 2.27. The molecule has 3 heterocycles. The molecule has 0 amide bonds. The molecular weight excluding hydrogens is 391 g/mol. The number of likely N-dealkylation sites (tertiary alicyclic amines) is 1. The van der Waals surface area contributed by atoms with Crippen molar-refractivity contribution in [2.45, 2.75) is 25.8 Å². The number of nitrogens with zero attached hydrogens (tertiary/aromatic N) is 3. The zero-order valence-corrected chi connectivity index (χ0v) is 18.0. The molecule has 1 aromatic carbocycles. The lowest BCUT2D eigenvalue weighted by Gasteiger charge is -2.32. The van der Waals surface area contributed by atoms with Gasteiger partial charge in [0.1, 0.15) is 5.65 Å². The van der Waals surface area contributed by atoms with E-state index in [4.69, 9.17) is 4.98 Å². The first-order valence-corrected chi connectivity index (χ1v) is 9.73. The van der Waals surface area contributed by atoms with E-state index in [9.17, 15) is 0 Å². The number of aromatic nitrogens is 2. The van der Waals surface area contributed by atoms with Gasteiger partial charge in [0, 0.05) is 18.3 Å². The van der Waals surface area contributed by atoms with E-state index in [-0.39, 0.29) is 24.8 Å². The Morgan fingerprint density at radius 3 is 2.43 bits per heavy atom. The average molecular weight is 421 g/mol. The van der Waals surface area contributed by atoms with Crippen LogP contribution in [0.1, 0.15) is 25.0 Å². The highest BCUT2D eigenvalue weighted by molar-refractivity contribution is 5.85.